The molecule has 7 heteroatoms. The van der Waals surface area contributed by atoms with Gasteiger partial charge in [0.15, 0.2) is 14.9 Å². The molecule has 0 bridgehead atoms. The summed E-state index contributed by atoms with van der Waals surface area (Å²) in [6.45, 7) is 1.85. The molecule has 0 heterocycles. The summed E-state index contributed by atoms with van der Waals surface area (Å²) in [7, 11) is -3.17. The average Bonchev–Trinajstić information content (AvgIpc) is 2.97. The summed E-state index contributed by atoms with van der Waals surface area (Å²) >= 11 is 5.22. The zero-order valence-electron chi connectivity index (χ0n) is 12.8. The molecule has 5 nitrogen and oxygen atoms in total. The van der Waals surface area contributed by atoms with Crippen molar-refractivity contribution in [2.75, 3.05) is 6.26 Å². The molecule has 1 saturated carbocycles. The third kappa shape index (κ3) is 4.78. The van der Waals surface area contributed by atoms with E-state index < -0.39 is 9.84 Å². The number of sulfone groups is 1. The summed E-state index contributed by atoms with van der Waals surface area (Å²) < 4.78 is 22.9. The Morgan fingerprint density at radius 3 is 2.36 bits per heavy atom. The highest BCUT2D eigenvalue weighted by atomic mass is 32.2. The fourth-order valence-corrected chi connectivity index (χ4v) is 3.27. The zero-order valence-corrected chi connectivity index (χ0v) is 14.4. The Balaban J connectivity index is 1.95. The van der Waals surface area contributed by atoms with Gasteiger partial charge in [-0.15, -0.1) is 0 Å². The number of rotatable bonds is 4. The Kier molecular flexibility index (Phi) is 5.52. The first-order chi connectivity index (χ1) is 10.4. The van der Waals surface area contributed by atoms with Crippen LogP contribution in [-0.2, 0) is 9.84 Å². The summed E-state index contributed by atoms with van der Waals surface area (Å²) in [4.78, 5) is 0.301. The second kappa shape index (κ2) is 7.19. The fourth-order valence-electron chi connectivity index (χ4n) is 2.43. The van der Waals surface area contributed by atoms with Crippen LogP contribution < -0.4 is 10.7 Å². The zero-order chi connectivity index (χ0) is 16.2. The molecule has 1 aromatic rings. The summed E-state index contributed by atoms with van der Waals surface area (Å²) in [6.07, 6.45) is 5.98. The van der Waals surface area contributed by atoms with Crippen LogP contribution in [0.4, 0.5) is 0 Å². The van der Waals surface area contributed by atoms with Crippen molar-refractivity contribution in [3.8, 4) is 0 Å². The van der Waals surface area contributed by atoms with Gasteiger partial charge in [0, 0.05) is 12.3 Å². The number of thiocarbonyl (C=S) groups is 1. The molecule has 2 N–H and O–H groups in total. The van der Waals surface area contributed by atoms with Gasteiger partial charge in [-0.3, -0.25) is 5.43 Å². The monoisotopic (exact) mass is 339 g/mol. The molecule has 0 unspecified atom stereocenters. The first-order valence-corrected chi connectivity index (χ1v) is 9.57. The first kappa shape index (κ1) is 16.9. The second-order valence-electron chi connectivity index (χ2n) is 5.56. The van der Waals surface area contributed by atoms with Crippen LogP contribution in [0.3, 0.4) is 0 Å². The molecular weight excluding hydrogens is 318 g/mol. The topological polar surface area (TPSA) is 70.6 Å². The first-order valence-electron chi connectivity index (χ1n) is 7.27. The molecule has 0 amide bonds. The van der Waals surface area contributed by atoms with E-state index in [1.54, 1.807) is 24.3 Å². The normalized spacial score (nSPS) is 16.5. The summed E-state index contributed by atoms with van der Waals surface area (Å²) in [6, 6.07) is 7.09. The molecule has 2 rings (SSSR count). The molecule has 0 saturated heterocycles. The van der Waals surface area contributed by atoms with Gasteiger partial charge in [-0.25, -0.2) is 8.42 Å². The second-order valence-corrected chi connectivity index (χ2v) is 7.98. The van der Waals surface area contributed by atoms with Crippen LogP contribution in [-0.4, -0.2) is 31.5 Å². The molecule has 0 aliphatic heterocycles. The number of nitrogens with one attached hydrogen (secondary N) is 2. The lowest BCUT2D eigenvalue weighted by Crippen LogP contribution is -2.38. The molecule has 0 aromatic heterocycles. The van der Waals surface area contributed by atoms with Crippen LogP contribution >= 0.6 is 12.2 Å². The quantitative estimate of drug-likeness (QED) is 0.500. The molecule has 0 radical (unpaired) electrons. The van der Waals surface area contributed by atoms with Crippen LogP contribution in [0, 0.1) is 0 Å². The van der Waals surface area contributed by atoms with Crippen molar-refractivity contribution in [1.82, 2.24) is 10.7 Å². The van der Waals surface area contributed by atoms with Gasteiger partial charge < -0.3 is 5.32 Å². The summed E-state index contributed by atoms with van der Waals surface area (Å²) in [5.41, 5.74) is 4.44. The Labute approximate surface area is 137 Å². The molecule has 1 fully saturated rings. The van der Waals surface area contributed by atoms with Crippen molar-refractivity contribution in [2.24, 2.45) is 5.10 Å². The molecule has 1 aliphatic carbocycles. The van der Waals surface area contributed by atoms with E-state index in [-0.39, 0.29) is 0 Å². The highest BCUT2D eigenvalue weighted by Gasteiger charge is 2.15. The van der Waals surface area contributed by atoms with E-state index in [2.05, 4.69) is 15.8 Å². The summed E-state index contributed by atoms with van der Waals surface area (Å²) in [5.74, 6) is 0. The minimum absolute atomic E-state index is 0.301. The van der Waals surface area contributed by atoms with Crippen LogP contribution in [0.1, 0.15) is 38.2 Å². The van der Waals surface area contributed by atoms with Gasteiger partial charge in [0.1, 0.15) is 0 Å². The van der Waals surface area contributed by atoms with E-state index in [4.69, 9.17) is 12.2 Å². The van der Waals surface area contributed by atoms with Gasteiger partial charge >= 0.3 is 0 Å². The highest BCUT2D eigenvalue weighted by Crippen LogP contribution is 2.17. The predicted octanol–water partition coefficient (Wildman–Crippen LogP) is 2.22. The van der Waals surface area contributed by atoms with Crippen LogP contribution in [0.5, 0.6) is 0 Å². The van der Waals surface area contributed by atoms with Crippen molar-refractivity contribution in [2.45, 2.75) is 43.5 Å². The SMILES string of the molecule is C/C(=N/NC(=S)NC1CCCC1)c1ccc(S(C)(=O)=O)cc1. The van der Waals surface area contributed by atoms with Crippen LogP contribution in [0.2, 0.25) is 0 Å². The number of nitrogens with zero attached hydrogens (tertiary/aromatic N) is 1. The number of hydrogen-bond donors (Lipinski definition) is 2. The van der Waals surface area contributed by atoms with Crippen molar-refractivity contribution in [3.05, 3.63) is 29.8 Å². The van der Waals surface area contributed by atoms with Gasteiger partial charge in [0.05, 0.1) is 10.6 Å². The largest absolute Gasteiger partial charge is 0.359 e. The van der Waals surface area contributed by atoms with E-state index in [1.165, 1.54) is 19.1 Å². The van der Waals surface area contributed by atoms with E-state index in [0.29, 0.717) is 16.0 Å². The van der Waals surface area contributed by atoms with E-state index in [1.807, 2.05) is 6.92 Å². The molecule has 0 spiro atoms. The predicted molar refractivity (Wildman–Crippen MR) is 92.9 cm³/mol. The van der Waals surface area contributed by atoms with Crippen molar-refractivity contribution in [1.29, 1.82) is 0 Å². The Hall–Kier alpha value is -1.47. The molecule has 1 aliphatic rings. The third-order valence-corrected chi connectivity index (χ3v) is 5.05. The maximum absolute atomic E-state index is 11.4. The van der Waals surface area contributed by atoms with Gasteiger partial charge in [-0.1, -0.05) is 25.0 Å². The maximum atomic E-state index is 11.4. The number of hydrogen-bond acceptors (Lipinski definition) is 4. The molecule has 120 valence electrons. The lowest BCUT2D eigenvalue weighted by Gasteiger charge is -2.13. The average molecular weight is 339 g/mol. The fraction of sp³-hybridized carbons (Fsp3) is 0.467. The van der Waals surface area contributed by atoms with Crippen LogP contribution in [0.25, 0.3) is 0 Å². The van der Waals surface area contributed by atoms with E-state index >= 15 is 0 Å². The summed E-state index contributed by atoms with van der Waals surface area (Å²) in [5, 5.41) is 8.02. The van der Waals surface area contributed by atoms with Gasteiger partial charge in [0.2, 0.25) is 0 Å². The molecular formula is C15H21N3O2S2. The van der Waals surface area contributed by atoms with E-state index in [9.17, 15) is 8.42 Å². The van der Waals surface area contributed by atoms with Crippen molar-refractivity contribution in [3.63, 3.8) is 0 Å². The van der Waals surface area contributed by atoms with Crippen molar-refractivity contribution < 1.29 is 8.42 Å². The van der Waals surface area contributed by atoms with Gasteiger partial charge in [-0.05, 0) is 49.7 Å². The number of hydrazone groups is 1. The number of benzene rings is 1. The minimum Gasteiger partial charge on any atom is -0.359 e. The van der Waals surface area contributed by atoms with Crippen LogP contribution in [0.15, 0.2) is 34.3 Å². The smallest absolute Gasteiger partial charge is 0.187 e. The Bertz CT molecular complexity index is 661. The third-order valence-electron chi connectivity index (χ3n) is 3.72. The minimum atomic E-state index is -3.17. The highest BCUT2D eigenvalue weighted by molar-refractivity contribution is 7.90. The molecule has 0 atom stereocenters. The lowest BCUT2D eigenvalue weighted by atomic mass is 10.1. The van der Waals surface area contributed by atoms with Crippen molar-refractivity contribution >= 4 is 32.9 Å². The lowest BCUT2D eigenvalue weighted by molar-refractivity contribution is 0.602. The van der Waals surface area contributed by atoms with Gasteiger partial charge in [0.25, 0.3) is 0 Å². The Morgan fingerprint density at radius 2 is 1.82 bits per heavy atom. The Morgan fingerprint density at radius 1 is 1.23 bits per heavy atom. The standard InChI is InChI=1S/C15H21N3O2S2/c1-11(12-7-9-14(10-8-12)22(2,19)20)17-18-15(21)16-13-5-3-4-6-13/h7-10,13H,3-6H2,1-2H3,(H2,16,18,21)/b17-11-. The molecule has 1 aromatic carbocycles. The van der Waals surface area contributed by atoms with Gasteiger partial charge in [-0.2, -0.15) is 5.10 Å². The molecule has 22 heavy (non-hydrogen) atoms. The maximum Gasteiger partial charge on any atom is 0.187 e. The van der Waals surface area contributed by atoms with E-state index in [0.717, 1.165) is 24.1 Å².